The Bertz CT molecular complexity index is 179. The van der Waals surface area contributed by atoms with Gasteiger partial charge in [0, 0.05) is 18.9 Å². The molecule has 0 amide bonds. The molecule has 1 rings (SSSR count). The predicted octanol–water partition coefficient (Wildman–Crippen LogP) is 2.38. The highest BCUT2D eigenvalue weighted by Crippen LogP contribution is 2.27. The number of Topliss-reactive ketones (excluding diaryl/α,β-unsaturated/α-hetero) is 1. The summed E-state index contributed by atoms with van der Waals surface area (Å²) in [5.41, 5.74) is 0. The molecule has 82 valence electrons. The van der Waals surface area contributed by atoms with E-state index < -0.39 is 0 Å². The molecule has 0 spiro atoms. The summed E-state index contributed by atoms with van der Waals surface area (Å²) in [5, 5.41) is 3.41. The van der Waals surface area contributed by atoms with Crippen molar-refractivity contribution in [3.63, 3.8) is 0 Å². The quantitative estimate of drug-likeness (QED) is 0.749. The molecule has 1 aliphatic rings. The lowest BCUT2D eigenvalue weighted by atomic mass is 9.80. The van der Waals surface area contributed by atoms with Crippen LogP contribution in [0, 0.1) is 11.8 Å². The summed E-state index contributed by atoms with van der Waals surface area (Å²) >= 11 is 0. The van der Waals surface area contributed by atoms with E-state index in [4.69, 9.17) is 0 Å². The SMILES string of the molecule is CNC(CC(C)C)C1CCC(=O)CC1. The van der Waals surface area contributed by atoms with Crippen LogP contribution in [0.5, 0.6) is 0 Å². The first kappa shape index (κ1) is 11.7. The van der Waals surface area contributed by atoms with Gasteiger partial charge in [-0.3, -0.25) is 4.79 Å². The fourth-order valence-electron chi connectivity index (χ4n) is 2.42. The van der Waals surface area contributed by atoms with Crippen LogP contribution < -0.4 is 5.32 Å². The van der Waals surface area contributed by atoms with E-state index in [1.807, 2.05) is 7.05 Å². The zero-order valence-electron chi connectivity index (χ0n) is 9.68. The normalized spacial score (nSPS) is 21.6. The summed E-state index contributed by atoms with van der Waals surface area (Å²) in [4.78, 5) is 11.1. The van der Waals surface area contributed by atoms with Gasteiger partial charge < -0.3 is 5.32 Å². The van der Waals surface area contributed by atoms with Crippen molar-refractivity contribution in [1.82, 2.24) is 5.32 Å². The number of ketones is 1. The third-order valence-corrected chi connectivity index (χ3v) is 3.25. The number of carbonyl (C=O) groups excluding carboxylic acids is 1. The number of hydrogen-bond acceptors (Lipinski definition) is 2. The minimum absolute atomic E-state index is 0.459. The van der Waals surface area contributed by atoms with Gasteiger partial charge in [-0.1, -0.05) is 13.8 Å². The number of hydrogen-bond donors (Lipinski definition) is 1. The van der Waals surface area contributed by atoms with Crippen LogP contribution in [-0.4, -0.2) is 18.9 Å². The van der Waals surface area contributed by atoms with Crippen LogP contribution in [0.1, 0.15) is 46.0 Å². The highest BCUT2D eigenvalue weighted by atomic mass is 16.1. The molecule has 1 saturated carbocycles. The van der Waals surface area contributed by atoms with Crippen LogP contribution in [-0.2, 0) is 4.79 Å². The summed E-state index contributed by atoms with van der Waals surface area (Å²) < 4.78 is 0. The van der Waals surface area contributed by atoms with E-state index in [0.29, 0.717) is 11.8 Å². The third kappa shape index (κ3) is 3.41. The number of nitrogens with one attached hydrogen (secondary N) is 1. The lowest BCUT2D eigenvalue weighted by Gasteiger charge is -2.30. The second-order valence-corrected chi connectivity index (χ2v) is 4.90. The molecule has 0 saturated heterocycles. The van der Waals surface area contributed by atoms with Crippen molar-refractivity contribution in [2.45, 2.75) is 52.0 Å². The third-order valence-electron chi connectivity index (χ3n) is 3.25. The minimum atomic E-state index is 0.459. The Labute approximate surface area is 87.5 Å². The minimum Gasteiger partial charge on any atom is -0.317 e. The van der Waals surface area contributed by atoms with Gasteiger partial charge >= 0.3 is 0 Å². The van der Waals surface area contributed by atoms with Gasteiger partial charge in [-0.15, -0.1) is 0 Å². The Balaban J connectivity index is 2.40. The van der Waals surface area contributed by atoms with Crippen LogP contribution in [0.2, 0.25) is 0 Å². The standard InChI is InChI=1S/C12H23NO/c1-9(2)8-12(13-3)10-4-6-11(14)7-5-10/h9-10,12-13H,4-8H2,1-3H3. The lowest BCUT2D eigenvalue weighted by Crippen LogP contribution is -2.37. The largest absolute Gasteiger partial charge is 0.317 e. The summed E-state index contributed by atoms with van der Waals surface area (Å²) in [6.07, 6.45) is 5.03. The van der Waals surface area contributed by atoms with Crippen molar-refractivity contribution in [2.75, 3.05) is 7.05 Å². The first-order valence-electron chi connectivity index (χ1n) is 5.82. The summed E-state index contributed by atoms with van der Waals surface area (Å²) in [6.45, 7) is 4.52. The van der Waals surface area contributed by atoms with Gasteiger partial charge in [0.15, 0.2) is 0 Å². The van der Waals surface area contributed by atoms with Crippen molar-refractivity contribution in [2.24, 2.45) is 11.8 Å². The molecule has 0 aromatic rings. The van der Waals surface area contributed by atoms with E-state index in [1.54, 1.807) is 0 Å². The molecule has 1 N–H and O–H groups in total. The number of carbonyl (C=O) groups is 1. The molecule has 0 bridgehead atoms. The van der Waals surface area contributed by atoms with Crippen LogP contribution in [0.15, 0.2) is 0 Å². The van der Waals surface area contributed by atoms with Gasteiger partial charge in [0.2, 0.25) is 0 Å². The zero-order valence-corrected chi connectivity index (χ0v) is 9.68. The molecule has 14 heavy (non-hydrogen) atoms. The first-order valence-corrected chi connectivity index (χ1v) is 5.82. The smallest absolute Gasteiger partial charge is 0.132 e. The maximum atomic E-state index is 11.1. The Hall–Kier alpha value is -0.370. The molecule has 0 radical (unpaired) electrons. The van der Waals surface area contributed by atoms with E-state index >= 15 is 0 Å². The van der Waals surface area contributed by atoms with Crippen LogP contribution in [0.3, 0.4) is 0 Å². The van der Waals surface area contributed by atoms with Crippen LogP contribution in [0.4, 0.5) is 0 Å². The zero-order chi connectivity index (χ0) is 10.6. The molecule has 2 heteroatoms. The Morgan fingerprint density at radius 2 is 1.93 bits per heavy atom. The molecule has 0 aromatic carbocycles. The topological polar surface area (TPSA) is 29.1 Å². The summed E-state index contributed by atoms with van der Waals surface area (Å²) in [7, 11) is 2.05. The molecule has 1 aliphatic carbocycles. The monoisotopic (exact) mass is 197 g/mol. The fourth-order valence-corrected chi connectivity index (χ4v) is 2.42. The van der Waals surface area contributed by atoms with Gasteiger partial charge in [-0.05, 0) is 38.1 Å². The van der Waals surface area contributed by atoms with Crippen molar-refractivity contribution >= 4 is 5.78 Å². The average molecular weight is 197 g/mol. The van der Waals surface area contributed by atoms with E-state index in [2.05, 4.69) is 19.2 Å². The molecule has 0 heterocycles. The summed E-state index contributed by atoms with van der Waals surface area (Å²) in [6, 6.07) is 0.614. The van der Waals surface area contributed by atoms with Crippen molar-refractivity contribution in [3.05, 3.63) is 0 Å². The van der Waals surface area contributed by atoms with Gasteiger partial charge in [-0.25, -0.2) is 0 Å². The average Bonchev–Trinajstić information content (AvgIpc) is 2.15. The van der Waals surface area contributed by atoms with E-state index in [-0.39, 0.29) is 0 Å². The first-order chi connectivity index (χ1) is 6.63. The fraction of sp³-hybridized carbons (Fsp3) is 0.917. The van der Waals surface area contributed by atoms with Crippen molar-refractivity contribution < 1.29 is 4.79 Å². The maximum Gasteiger partial charge on any atom is 0.132 e. The van der Waals surface area contributed by atoms with Crippen LogP contribution >= 0.6 is 0 Å². The van der Waals surface area contributed by atoms with Gasteiger partial charge in [0.05, 0.1) is 0 Å². The Morgan fingerprint density at radius 3 is 2.36 bits per heavy atom. The van der Waals surface area contributed by atoms with Gasteiger partial charge in [0.1, 0.15) is 5.78 Å². The Morgan fingerprint density at radius 1 is 1.36 bits per heavy atom. The second-order valence-electron chi connectivity index (χ2n) is 4.90. The highest BCUT2D eigenvalue weighted by molar-refractivity contribution is 5.79. The molecule has 2 nitrogen and oxygen atoms in total. The van der Waals surface area contributed by atoms with E-state index in [0.717, 1.165) is 37.5 Å². The molecule has 1 fully saturated rings. The lowest BCUT2D eigenvalue weighted by molar-refractivity contribution is -0.121. The highest BCUT2D eigenvalue weighted by Gasteiger charge is 2.25. The molecular weight excluding hydrogens is 174 g/mol. The molecule has 1 atom stereocenters. The predicted molar refractivity (Wildman–Crippen MR) is 59.3 cm³/mol. The van der Waals surface area contributed by atoms with Crippen molar-refractivity contribution in [3.8, 4) is 0 Å². The summed E-state index contributed by atoms with van der Waals surface area (Å²) in [5.74, 6) is 1.92. The molecule has 0 aromatic heterocycles. The second kappa shape index (κ2) is 5.50. The van der Waals surface area contributed by atoms with Gasteiger partial charge in [-0.2, -0.15) is 0 Å². The molecule has 1 unspecified atom stereocenters. The maximum absolute atomic E-state index is 11.1. The van der Waals surface area contributed by atoms with Crippen LogP contribution in [0.25, 0.3) is 0 Å². The van der Waals surface area contributed by atoms with E-state index in [9.17, 15) is 4.79 Å². The Kier molecular flexibility index (Phi) is 4.59. The van der Waals surface area contributed by atoms with Gasteiger partial charge in [0.25, 0.3) is 0 Å². The number of rotatable bonds is 4. The molecule has 0 aliphatic heterocycles. The van der Waals surface area contributed by atoms with E-state index in [1.165, 1.54) is 6.42 Å². The van der Waals surface area contributed by atoms with Crippen molar-refractivity contribution in [1.29, 1.82) is 0 Å². The molecular formula is C12H23NO.